The SMILES string of the molecule is CCC.CCCCCC(C)(C)c1cc(N)c(O)c(Cc2cc(C(C)(C)CCCCC)cc(-n3nc4ccc(C(F)(F)F)cc4n3)c2O)c1.N=C1C=CC(C(F)(F)F)=CC1=N. The molecule has 0 fully saturated rings. The predicted molar refractivity (Wildman–Crippen MR) is 230 cm³/mol. The largest absolute Gasteiger partial charge is 0.505 e. The second kappa shape index (κ2) is 20.4. The number of halogens is 6. The molecule has 6 N–H and O–H groups in total. The number of nitrogens with one attached hydrogen (secondary N) is 2. The average molecular weight is 843 g/mol. The van der Waals surface area contributed by atoms with Gasteiger partial charge in [0, 0.05) is 17.5 Å². The first-order chi connectivity index (χ1) is 27.9. The number of aromatic nitrogens is 3. The van der Waals surface area contributed by atoms with Gasteiger partial charge in [0.2, 0.25) is 0 Å². The molecule has 328 valence electrons. The van der Waals surface area contributed by atoms with Crippen LogP contribution in [0.1, 0.15) is 141 Å². The molecule has 1 heterocycles. The summed E-state index contributed by atoms with van der Waals surface area (Å²) in [6.45, 7) is 17.2. The van der Waals surface area contributed by atoms with E-state index >= 15 is 0 Å². The first kappa shape index (κ1) is 49.2. The Morgan fingerprint density at radius 2 is 1.15 bits per heavy atom. The van der Waals surface area contributed by atoms with Gasteiger partial charge in [0.25, 0.3) is 0 Å². The number of allylic oxidation sites excluding steroid dienone is 4. The van der Waals surface area contributed by atoms with Gasteiger partial charge in [0.15, 0.2) is 0 Å². The van der Waals surface area contributed by atoms with Gasteiger partial charge in [-0.2, -0.15) is 26.3 Å². The quantitative estimate of drug-likeness (QED) is 0.0299. The fourth-order valence-electron chi connectivity index (χ4n) is 6.65. The number of nitrogens with zero attached hydrogens (tertiary/aromatic N) is 3. The van der Waals surface area contributed by atoms with Crippen LogP contribution in [0.4, 0.5) is 32.0 Å². The third kappa shape index (κ3) is 12.9. The molecule has 4 aromatic rings. The molecular formula is C46H60F6N6O2. The summed E-state index contributed by atoms with van der Waals surface area (Å²) in [5, 5.41) is 45.4. The number of rotatable bonds is 13. The maximum atomic E-state index is 13.4. The van der Waals surface area contributed by atoms with Crippen LogP contribution in [0.3, 0.4) is 0 Å². The van der Waals surface area contributed by atoms with Gasteiger partial charge in [-0.05, 0) is 83.4 Å². The molecule has 1 aromatic heterocycles. The van der Waals surface area contributed by atoms with Crippen molar-refractivity contribution in [1.29, 1.82) is 10.8 Å². The lowest BCUT2D eigenvalue weighted by Gasteiger charge is -2.28. The maximum Gasteiger partial charge on any atom is 0.416 e. The van der Waals surface area contributed by atoms with Gasteiger partial charge in [0.05, 0.1) is 28.2 Å². The maximum absolute atomic E-state index is 13.4. The Bertz CT molecular complexity index is 2180. The van der Waals surface area contributed by atoms with Crippen molar-refractivity contribution in [3.05, 3.63) is 94.1 Å². The molecule has 0 unspecified atom stereocenters. The van der Waals surface area contributed by atoms with E-state index in [1.807, 2.05) is 24.3 Å². The summed E-state index contributed by atoms with van der Waals surface area (Å²) >= 11 is 0. The third-order valence-electron chi connectivity index (χ3n) is 10.4. The molecule has 60 heavy (non-hydrogen) atoms. The van der Waals surface area contributed by atoms with Crippen LogP contribution in [0.2, 0.25) is 0 Å². The summed E-state index contributed by atoms with van der Waals surface area (Å²) in [6, 6.07) is 10.8. The second-order valence-electron chi connectivity index (χ2n) is 16.6. The van der Waals surface area contributed by atoms with E-state index in [0.717, 1.165) is 86.8 Å². The molecule has 1 aliphatic rings. The highest BCUT2D eigenvalue weighted by molar-refractivity contribution is 6.49. The molecule has 1 aliphatic carbocycles. The highest BCUT2D eigenvalue weighted by Crippen LogP contribution is 2.41. The molecule has 0 bridgehead atoms. The monoisotopic (exact) mass is 842 g/mol. The van der Waals surface area contributed by atoms with E-state index in [9.17, 15) is 36.6 Å². The van der Waals surface area contributed by atoms with Crippen molar-refractivity contribution >= 4 is 28.1 Å². The van der Waals surface area contributed by atoms with Gasteiger partial charge in [-0.25, -0.2) is 0 Å². The van der Waals surface area contributed by atoms with Crippen LogP contribution >= 0.6 is 0 Å². The molecule has 8 nitrogen and oxygen atoms in total. The minimum atomic E-state index is -4.52. The van der Waals surface area contributed by atoms with E-state index < -0.39 is 29.2 Å². The summed E-state index contributed by atoms with van der Waals surface area (Å²) in [6.07, 6.45) is 3.28. The number of nitrogen functional groups attached to an aromatic ring is 1. The highest BCUT2D eigenvalue weighted by Gasteiger charge is 2.34. The van der Waals surface area contributed by atoms with E-state index in [0.29, 0.717) is 17.2 Å². The van der Waals surface area contributed by atoms with Gasteiger partial charge >= 0.3 is 12.4 Å². The van der Waals surface area contributed by atoms with E-state index in [2.05, 4.69) is 65.6 Å². The number of phenolic OH excluding ortho intramolecular Hbond substituents is 2. The normalized spacial score (nSPS) is 13.5. The zero-order chi connectivity index (χ0) is 45.2. The van der Waals surface area contributed by atoms with Crippen molar-refractivity contribution in [2.45, 2.75) is 143 Å². The number of phenols is 2. The Hall–Kier alpha value is -5.14. The van der Waals surface area contributed by atoms with Crippen LogP contribution in [0.15, 0.2) is 66.3 Å². The van der Waals surface area contributed by atoms with Crippen LogP contribution in [-0.4, -0.2) is 42.8 Å². The zero-order valence-corrected chi connectivity index (χ0v) is 35.9. The number of benzene rings is 3. The molecule has 0 saturated heterocycles. The zero-order valence-electron chi connectivity index (χ0n) is 35.9. The van der Waals surface area contributed by atoms with Crippen molar-refractivity contribution in [3.8, 4) is 17.2 Å². The van der Waals surface area contributed by atoms with Crippen LogP contribution in [0.5, 0.6) is 11.5 Å². The lowest BCUT2D eigenvalue weighted by Crippen LogP contribution is -2.19. The van der Waals surface area contributed by atoms with E-state index in [4.69, 9.17) is 16.6 Å². The number of hydrogen-bond acceptors (Lipinski definition) is 7. The van der Waals surface area contributed by atoms with Crippen LogP contribution in [0, 0.1) is 10.8 Å². The van der Waals surface area contributed by atoms with Crippen LogP contribution in [-0.2, 0) is 23.4 Å². The van der Waals surface area contributed by atoms with Crippen LogP contribution < -0.4 is 5.73 Å². The number of unbranched alkanes of at least 4 members (excludes halogenated alkanes) is 4. The number of hydrogen-bond donors (Lipinski definition) is 5. The molecule has 0 aliphatic heterocycles. The fraction of sp³-hybridized carbons (Fsp3) is 0.478. The average Bonchev–Trinajstić information content (AvgIpc) is 3.58. The van der Waals surface area contributed by atoms with Gasteiger partial charge in [0.1, 0.15) is 28.2 Å². The Balaban J connectivity index is 0.000000540. The summed E-state index contributed by atoms with van der Waals surface area (Å²) < 4.78 is 76.1. The van der Waals surface area contributed by atoms with Gasteiger partial charge in [-0.1, -0.05) is 112 Å². The Morgan fingerprint density at radius 3 is 1.65 bits per heavy atom. The highest BCUT2D eigenvalue weighted by atomic mass is 19.4. The molecule has 14 heteroatoms. The Morgan fingerprint density at radius 1 is 0.633 bits per heavy atom. The first-order valence-corrected chi connectivity index (χ1v) is 20.5. The van der Waals surface area contributed by atoms with Crippen molar-refractivity contribution in [2.24, 2.45) is 0 Å². The molecular weight excluding hydrogens is 783 g/mol. The lowest BCUT2D eigenvalue weighted by atomic mass is 9.77. The number of nitrogens with two attached hydrogens (primary N) is 1. The molecule has 0 atom stereocenters. The number of aromatic hydroxyl groups is 2. The molecule has 0 radical (unpaired) electrons. The van der Waals surface area contributed by atoms with Gasteiger partial charge in [-0.15, -0.1) is 15.0 Å². The number of fused-ring (bicyclic) bond motifs is 1. The molecule has 0 saturated carbocycles. The smallest absolute Gasteiger partial charge is 0.416 e. The summed E-state index contributed by atoms with van der Waals surface area (Å²) in [5.41, 5.74) is 7.51. The standard InChI is InChI=1S/C36H47F3N4O2.C7H5F3N2.C3H8/c1-7-9-11-15-34(3,4)26-18-23(32(44)28(40)20-26)17-24-19-27(35(5,6)16-12-10-8-2)22-31(33(24)45)43-41-29-14-13-25(36(37,38)39)21-30(29)42-43;8-7(9,10)4-1-2-5(11)6(12)3-4;1-3-2/h13-14,18-22,44-45H,7-12,15-17,40H2,1-6H3;1-3,11-12H;3H2,1-2H3. The Labute approximate surface area is 349 Å². The molecule has 0 spiro atoms. The summed E-state index contributed by atoms with van der Waals surface area (Å²) in [7, 11) is 0. The topological polar surface area (TPSA) is 145 Å². The van der Waals surface area contributed by atoms with Gasteiger partial charge in [-0.3, -0.25) is 10.8 Å². The predicted octanol–water partition coefficient (Wildman–Crippen LogP) is 13.2. The molecule has 3 aromatic carbocycles. The fourth-order valence-corrected chi connectivity index (χ4v) is 6.65. The van der Waals surface area contributed by atoms with Crippen molar-refractivity contribution in [2.75, 3.05) is 5.73 Å². The number of alkyl halides is 6. The summed E-state index contributed by atoms with van der Waals surface area (Å²) in [5.74, 6) is -0.135. The van der Waals surface area contributed by atoms with Gasteiger partial charge < -0.3 is 15.9 Å². The van der Waals surface area contributed by atoms with E-state index in [-0.39, 0.29) is 56.9 Å². The minimum Gasteiger partial charge on any atom is -0.505 e. The lowest BCUT2D eigenvalue weighted by molar-refractivity contribution is -0.137. The number of anilines is 1. The van der Waals surface area contributed by atoms with E-state index in [1.54, 1.807) is 0 Å². The minimum absolute atomic E-state index is 0.0284. The molecule has 0 amide bonds. The van der Waals surface area contributed by atoms with Crippen molar-refractivity contribution in [1.82, 2.24) is 15.0 Å². The third-order valence-corrected chi connectivity index (χ3v) is 10.4. The Kier molecular flexibility index (Phi) is 16.7. The van der Waals surface area contributed by atoms with Crippen molar-refractivity contribution < 1.29 is 36.6 Å². The first-order valence-electron chi connectivity index (χ1n) is 20.5. The summed E-state index contributed by atoms with van der Waals surface area (Å²) in [4.78, 5) is 1.21. The second-order valence-corrected chi connectivity index (χ2v) is 16.6. The van der Waals surface area contributed by atoms with Crippen LogP contribution in [0.25, 0.3) is 16.7 Å². The van der Waals surface area contributed by atoms with Crippen molar-refractivity contribution in [3.63, 3.8) is 0 Å². The molecule has 5 rings (SSSR count). The van der Waals surface area contributed by atoms with E-state index in [1.165, 1.54) is 17.3 Å².